The minimum Gasteiger partial charge on any atom is -0.342 e. The number of non-ortho nitro benzene ring substituents is 1. The van der Waals surface area contributed by atoms with Gasteiger partial charge in [-0.1, -0.05) is 25.0 Å². The molecule has 136 valence electrons. The second-order valence-corrected chi connectivity index (χ2v) is 7.24. The van der Waals surface area contributed by atoms with E-state index < -0.39 is 0 Å². The van der Waals surface area contributed by atoms with Crippen LogP contribution in [0.15, 0.2) is 24.3 Å². The summed E-state index contributed by atoms with van der Waals surface area (Å²) in [6.07, 6.45) is 6.67. The van der Waals surface area contributed by atoms with Gasteiger partial charge >= 0.3 is 0 Å². The number of piperidine rings is 1. The van der Waals surface area contributed by atoms with Gasteiger partial charge in [-0.2, -0.15) is 0 Å². The summed E-state index contributed by atoms with van der Waals surface area (Å²) in [4.78, 5) is 27.8. The smallest absolute Gasteiger partial charge is 0.269 e. The first-order valence-corrected chi connectivity index (χ1v) is 9.38. The summed E-state index contributed by atoms with van der Waals surface area (Å²) in [5.41, 5.74) is 1.07. The molecule has 0 radical (unpaired) electrons. The number of nitro groups is 1. The Morgan fingerprint density at radius 1 is 1.12 bits per heavy atom. The van der Waals surface area contributed by atoms with Crippen LogP contribution in [-0.2, 0) is 11.3 Å². The summed E-state index contributed by atoms with van der Waals surface area (Å²) >= 11 is 0. The fourth-order valence-corrected chi connectivity index (χ4v) is 3.98. The molecule has 1 aromatic rings. The minimum atomic E-state index is -0.356. The van der Waals surface area contributed by atoms with Gasteiger partial charge in [0.25, 0.3) is 5.69 Å². The predicted molar refractivity (Wildman–Crippen MR) is 96.1 cm³/mol. The zero-order valence-electron chi connectivity index (χ0n) is 14.7. The molecule has 0 spiro atoms. The second kappa shape index (κ2) is 8.43. The van der Waals surface area contributed by atoms with Crippen molar-refractivity contribution in [3.8, 4) is 0 Å². The molecule has 2 saturated heterocycles. The molecular weight excluding hydrogens is 318 g/mol. The molecule has 2 aliphatic rings. The third-order valence-electron chi connectivity index (χ3n) is 5.30. The van der Waals surface area contributed by atoms with Gasteiger partial charge in [0, 0.05) is 38.3 Å². The van der Waals surface area contributed by atoms with Crippen LogP contribution in [-0.4, -0.2) is 46.8 Å². The molecule has 0 aliphatic carbocycles. The molecule has 0 bridgehead atoms. The number of nitrogens with zero attached hydrogens (tertiary/aromatic N) is 3. The van der Waals surface area contributed by atoms with E-state index in [9.17, 15) is 14.9 Å². The first kappa shape index (κ1) is 17.9. The molecule has 1 amide bonds. The van der Waals surface area contributed by atoms with Crippen molar-refractivity contribution >= 4 is 11.6 Å². The highest BCUT2D eigenvalue weighted by Crippen LogP contribution is 2.23. The van der Waals surface area contributed by atoms with E-state index >= 15 is 0 Å². The fraction of sp³-hybridized carbons (Fsp3) is 0.632. The fourth-order valence-electron chi connectivity index (χ4n) is 3.98. The highest BCUT2D eigenvalue weighted by molar-refractivity contribution is 5.79. The van der Waals surface area contributed by atoms with E-state index in [-0.39, 0.29) is 16.5 Å². The Balaban J connectivity index is 1.60. The molecule has 1 atom stereocenters. The molecule has 0 aromatic heterocycles. The molecule has 0 unspecified atom stereocenters. The number of benzene rings is 1. The van der Waals surface area contributed by atoms with E-state index in [2.05, 4.69) is 9.80 Å². The number of hydrogen-bond acceptors (Lipinski definition) is 4. The first-order valence-electron chi connectivity index (χ1n) is 9.38. The third-order valence-corrected chi connectivity index (χ3v) is 5.30. The molecule has 2 heterocycles. The van der Waals surface area contributed by atoms with Crippen LogP contribution in [0.4, 0.5) is 5.69 Å². The van der Waals surface area contributed by atoms with E-state index in [0.29, 0.717) is 12.5 Å². The van der Waals surface area contributed by atoms with Gasteiger partial charge in [0.15, 0.2) is 0 Å². The maximum atomic E-state index is 12.9. The van der Waals surface area contributed by atoms with Gasteiger partial charge in [-0.3, -0.25) is 19.8 Å². The van der Waals surface area contributed by atoms with E-state index in [1.807, 2.05) is 6.07 Å². The molecule has 2 fully saturated rings. The average Bonchev–Trinajstić information content (AvgIpc) is 2.91. The summed E-state index contributed by atoms with van der Waals surface area (Å²) < 4.78 is 0. The van der Waals surface area contributed by atoms with Crippen LogP contribution in [0, 0.1) is 16.0 Å². The summed E-state index contributed by atoms with van der Waals surface area (Å²) in [6.45, 7) is 4.19. The van der Waals surface area contributed by atoms with Crippen molar-refractivity contribution in [3.63, 3.8) is 0 Å². The van der Waals surface area contributed by atoms with Gasteiger partial charge < -0.3 is 4.90 Å². The zero-order chi connectivity index (χ0) is 17.6. The molecule has 6 heteroatoms. The lowest BCUT2D eigenvalue weighted by atomic mass is 9.96. The van der Waals surface area contributed by atoms with Crippen molar-refractivity contribution in [3.05, 3.63) is 39.9 Å². The lowest BCUT2D eigenvalue weighted by Crippen LogP contribution is -2.44. The SMILES string of the molecule is O=C([C@@H]1CCCN(Cc2cccc([N+](=O)[O-])c2)C1)N1CCCCCC1. The Hall–Kier alpha value is -1.95. The molecule has 3 rings (SSSR count). The second-order valence-electron chi connectivity index (χ2n) is 7.24. The van der Waals surface area contributed by atoms with Crippen LogP contribution < -0.4 is 0 Å². The van der Waals surface area contributed by atoms with E-state index in [1.54, 1.807) is 12.1 Å². The summed E-state index contributed by atoms with van der Waals surface area (Å²) in [7, 11) is 0. The Labute approximate surface area is 148 Å². The van der Waals surface area contributed by atoms with E-state index in [0.717, 1.165) is 57.4 Å². The quantitative estimate of drug-likeness (QED) is 0.621. The van der Waals surface area contributed by atoms with Crippen molar-refractivity contribution in [1.82, 2.24) is 9.80 Å². The monoisotopic (exact) mass is 345 g/mol. The lowest BCUT2D eigenvalue weighted by Gasteiger charge is -2.34. The third kappa shape index (κ3) is 4.78. The Bertz CT molecular complexity index is 612. The maximum absolute atomic E-state index is 12.9. The van der Waals surface area contributed by atoms with Gasteiger partial charge in [0.2, 0.25) is 5.91 Å². The van der Waals surface area contributed by atoms with Crippen LogP contribution in [0.25, 0.3) is 0 Å². The molecule has 6 nitrogen and oxygen atoms in total. The first-order chi connectivity index (χ1) is 12.1. The van der Waals surface area contributed by atoms with Gasteiger partial charge in [-0.15, -0.1) is 0 Å². The Morgan fingerprint density at radius 2 is 1.88 bits per heavy atom. The molecule has 25 heavy (non-hydrogen) atoms. The number of nitro benzene ring substituents is 1. The lowest BCUT2D eigenvalue weighted by molar-refractivity contribution is -0.384. The van der Waals surface area contributed by atoms with Crippen LogP contribution in [0.3, 0.4) is 0 Å². The Kier molecular flexibility index (Phi) is 6.02. The van der Waals surface area contributed by atoms with Gasteiger partial charge in [0.1, 0.15) is 0 Å². The van der Waals surface area contributed by atoms with Crippen LogP contribution in [0.5, 0.6) is 0 Å². The number of carbonyl (C=O) groups excluding carboxylic acids is 1. The standard InChI is InChI=1S/C19H27N3O3/c23-19(21-11-3-1-2-4-12-21)17-8-6-10-20(15-17)14-16-7-5-9-18(13-16)22(24)25/h5,7,9,13,17H,1-4,6,8,10-12,14-15H2/t17-/m1/s1. The molecule has 1 aromatic carbocycles. The van der Waals surface area contributed by atoms with Crippen LogP contribution in [0.2, 0.25) is 0 Å². The topological polar surface area (TPSA) is 66.7 Å². The number of likely N-dealkylation sites (tertiary alicyclic amines) is 2. The van der Waals surface area contributed by atoms with Crippen LogP contribution >= 0.6 is 0 Å². The van der Waals surface area contributed by atoms with E-state index in [1.165, 1.54) is 18.9 Å². The predicted octanol–water partition coefficient (Wildman–Crippen LogP) is 3.21. The number of hydrogen-bond donors (Lipinski definition) is 0. The summed E-state index contributed by atoms with van der Waals surface area (Å²) in [5.74, 6) is 0.385. The van der Waals surface area contributed by atoms with Gasteiger partial charge in [-0.05, 0) is 37.8 Å². The van der Waals surface area contributed by atoms with Crippen molar-refractivity contribution in [1.29, 1.82) is 0 Å². The number of amides is 1. The molecular formula is C19H27N3O3. The summed E-state index contributed by atoms with van der Waals surface area (Å²) in [5, 5.41) is 10.9. The molecule has 0 N–H and O–H groups in total. The minimum absolute atomic E-state index is 0.0746. The van der Waals surface area contributed by atoms with Gasteiger partial charge in [-0.25, -0.2) is 0 Å². The molecule has 0 saturated carbocycles. The highest BCUT2D eigenvalue weighted by Gasteiger charge is 2.29. The van der Waals surface area contributed by atoms with Crippen molar-refractivity contribution in [2.45, 2.75) is 45.1 Å². The molecule has 2 aliphatic heterocycles. The number of rotatable bonds is 4. The highest BCUT2D eigenvalue weighted by atomic mass is 16.6. The summed E-state index contributed by atoms with van der Waals surface area (Å²) in [6, 6.07) is 6.82. The largest absolute Gasteiger partial charge is 0.342 e. The maximum Gasteiger partial charge on any atom is 0.269 e. The van der Waals surface area contributed by atoms with Crippen molar-refractivity contribution < 1.29 is 9.72 Å². The average molecular weight is 345 g/mol. The number of carbonyl (C=O) groups is 1. The Morgan fingerprint density at radius 3 is 2.60 bits per heavy atom. The zero-order valence-corrected chi connectivity index (χ0v) is 14.7. The van der Waals surface area contributed by atoms with Crippen molar-refractivity contribution in [2.75, 3.05) is 26.2 Å². The van der Waals surface area contributed by atoms with Crippen molar-refractivity contribution in [2.24, 2.45) is 5.92 Å². The van der Waals surface area contributed by atoms with Crippen LogP contribution in [0.1, 0.15) is 44.1 Å². The van der Waals surface area contributed by atoms with E-state index in [4.69, 9.17) is 0 Å². The van der Waals surface area contributed by atoms with Gasteiger partial charge in [0.05, 0.1) is 10.8 Å². The normalized spacial score (nSPS) is 22.4.